The Morgan fingerprint density at radius 1 is 0.329 bits per heavy atom. The van der Waals surface area contributed by atoms with Crippen LogP contribution in [0.1, 0.15) is 5.69 Å². The average molecular weight is 1170 g/mol. The molecule has 0 radical (unpaired) electrons. The first kappa shape index (κ1) is 80.8. The van der Waals surface area contributed by atoms with Crippen LogP contribution in [0.5, 0.6) is 0 Å². The van der Waals surface area contributed by atoms with Gasteiger partial charge in [0, 0.05) is 12.6 Å². The van der Waals surface area contributed by atoms with Gasteiger partial charge in [-0.05, 0) is 0 Å². The molecule has 0 amide bonds. The summed E-state index contributed by atoms with van der Waals surface area (Å²) in [6, 6.07) is 0. The summed E-state index contributed by atoms with van der Waals surface area (Å²) < 4.78 is 21.9. The van der Waals surface area contributed by atoms with Gasteiger partial charge in [-0.25, -0.2) is 4.98 Å². The van der Waals surface area contributed by atoms with Gasteiger partial charge in [0.25, 0.3) is 5.08 Å². The second kappa shape index (κ2) is 38.1. The minimum Gasteiger partial charge on any atom is -0.394 e. The Bertz CT molecular complexity index is 1340. The molecule has 39 heteroatoms. The number of rotatable bonds is 36. The van der Waals surface area contributed by atoms with Crippen LogP contribution in [0, 0.1) is 0 Å². The predicted molar refractivity (Wildman–Crippen MR) is 256 cm³/mol. The van der Waals surface area contributed by atoms with Crippen molar-refractivity contribution in [2.24, 2.45) is 0 Å². The molecule has 76 heavy (non-hydrogen) atoms. The van der Waals surface area contributed by atoms with Crippen molar-refractivity contribution in [2.45, 2.75) is 55.8 Å². The van der Waals surface area contributed by atoms with Gasteiger partial charge >= 0.3 is 15.2 Å². The molecular weight excluding hydrogens is 1090 g/mol. The zero-order valence-corrected chi connectivity index (χ0v) is 43.2. The molecular formula is C37H86N6O31P2. The fraction of sp³-hybridized carbons (Fsp3) is 0.919. The maximum absolute atomic E-state index is 10.9. The van der Waals surface area contributed by atoms with E-state index >= 15 is 0 Å². The molecule has 1 rings (SSSR count). The fourth-order valence-electron chi connectivity index (χ4n) is 5.40. The maximum atomic E-state index is 10.9. The van der Waals surface area contributed by atoms with Crippen LogP contribution in [0.25, 0.3) is 0 Å². The second-order valence-electron chi connectivity index (χ2n) is 17.6. The molecule has 0 atom stereocenters. The van der Waals surface area contributed by atoms with Crippen molar-refractivity contribution in [1.29, 1.82) is 0 Å². The first-order chi connectivity index (χ1) is 35.4. The predicted octanol–water partition coefficient (Wildman–Crippen LogP) is -17.0. The quantitative estimate of drug-likeness (QED) is 0.0277. The molecule has 0 spiro atoms. The van der Waals surface area contributed by atoms with Crippen molar-refractivity contribution in [1.82, 2.24) is 31.2 Å². The van der Waals surface area contributed by atoms with Gasteiger partial charge in [-0.3, -0.25) is 30.4 Å². The van der Waals surface area contributed by atoms with E-state index in [2.05, 4.69) is 31.2 Å². The molecule has 460 valence electrons. The van der Waals surface area contributed by atoms with Crippen LogP contribution in [-0.4, -0.2) is 365 Å². The van der Waals surface area contributed by atoms with Crippen LogP contribution in [-0.2, 0) is 15.6 Å². The van der Waals surface area contributed by atoms with E-state index < -0.39 is 230 Å². The highest BCUT2D eigenvalue weighted by Gasteiger charge is 2.59. The van der Waals surface area contributed by atoms with E-state index in [1.54, 1.807) is 0 Å². The van der Waals surface area contributed by atoms with Crippen LogP contribution >= 0.6 is 15.2 Å². The molecule has 0 bridgehead atoms. The fourth-order valence-corrected chi connectivity index (χ4v) is 7.50. The Hall–Kier alpha value is -1.65. The van der Waals surface area contributed by atoms with Crippen LogP contribution < -0.4 is 21.3 Å². The summed E-state index contributed by atoms with van der Waals surface area (Å²) in [7, 11) is -10.8. The van der Waals surface area contributed by atoms with Crippen LogP contribution in [0.2, 0.25) is 0 Å². The summed E-state index contributed by atoms with van der Waals surface area (Å²) in [5.74, 6) is 0. The van der Waals surface area contributed by atoms with Gasteiger partial charge in [0.2, 0.25) is 0 Å². The number of nitrogens with zero attached hydrogens (tertiary/aromatic N) is 1. The number of hydrogen-bond acceptors (Lipinski definition) is 32. The topological polar surface area (TPSA) is 698 Å². The Morgan fingerprint density at radius 3 is 0.566 bits per heavy atom. The molecule has 0 aliphatic carbocycles. The van der Waals surface area contributed by atoms with E-state index in [0.717, 1.165) is 12.5 Å². The minimum atomic E-state index is -5.41. The van der Waals surface area contributed by atoms with E-state index in [9.17, 15) is 14.2 Å². The highest BCUT2D eigenvalue weighted by Crippen LogP contribution is 2.68. The molecule has 0 aromatic carbocycles. The first-order valence-electron chi connectivity index (χ1n) is 22.0. The van der Waals surface area contributed by atoms with Gasteiger partial charge in [0.15, 0.2) is 0 Å². The maximum Gasteiger partial charge on any atom is 0.369 e. The van der Waals surface area contributed by atoms with E-state index in [1.807, 2.05) is 0 Å². The number of aromatic nitrogens is 2. The third-order valence-corrected chi connectivity index (χ3v) is 15.0. The summed E-state index contributed by atoms with van der Waals surface area (Å²) in [4.78, 5) is 41.2. The zero-order chi connectivity index (χ0) is 60.4. The van der Waals surface area contributed by atoms with Gasteiger partial charge in [-0.15, -0.1) is 0 Å². The molecule has 0 saturated carbocycles. The van der Waals surface area contributed by atoms with E-state index in [0.29, 0.717) is 0 Å². The molecule has 0 saturated heterocycles. The molecule has 1 aromatic heterocycles. The number of aliphatic hydroxyl groups is 25. The summed E-state index contributed by atoms with van der Waals surface area (Å²) in [6.07, 6.45) is 1.36. The van der Waals surface area contributed by atoms with Crippen molar-refractivity contribution >= 4 is 15.2 Å². The molecule has 0 fully saturated rings. The Kier molecular flexibility index (Phi) is 40.5. The normalized spacial score (nSPS) is 13.4. The van der Waals surface area contributed by atoms with Crippen LogP contribution in [0.15, 0.2) is 12.5 Å². The van der Waals surface area contributed by atoms with Gasteiger partial charge in [-0.2, -0.15) is 0 Å². The van der Waals surface area contributed by atoms with E-state index in [-0.39, 0.29) is 5.69 Å². The van der Waals surface area contributed by atoms with Crippen molar-refractivity contribution in [2.75, 3.05) is 159 Å². The van der Waals surface area contributed by atoms with Crippen molar-refractivity contribution in [3.8, 4) is 0 Å². The lowest BCUT2D eigenvalue weighted by Gasteiger charge is -2.39. The molecule has 1 heterocycles. The number of aromatic amines is 1. The monoisotopic (exact) mass is 1170 g/mol. The molecule has 0 aliphatic rings. The SMILES string of the molecule is O=P(O)(O)C(O)(Cc1c[nH]cn1)P(=O)(O)O.OCC(CO)(CO)NC(CO)(CO)CO.OCC(CO)(CO)NC(CO)(CO)CO.OCC(CO)(CO)NC(CO)(CO)CO.OCC(CO)(CO)NC(CO)(CO)CO. The number of hydrogen-bond donors (Lipinski definition) is 34. The molecule has 1 aromatic rings. The number of H-pyrrole nitrogens is 1. The number of nitrogens with one attached hydrogen (secondary N) is 5. The largest absolute Gasteiger partial charge is 0.394 e. The van der Waals surface area contributed by atoms with Gasteiger partial charge in [-0.1, -0.05) is 0 Å². The smallest absolute Gasteiger partial charge is 0.369 e. The Balaban J connectivity index is -0.000000426. The van der Waals surface area contributed by atoms with Crippen molar-refractivity contribution < 1.29 is 156 Å². The summed E-state index contributed by atoms with van der Waals surface area (Å²) >= 11 is 0. The Morgan fingerprint density at radius 2 is 0.474 bits per heavy atom. The van der Waals surface area contributed by atoms with Crippen LogP contribution in [0.4, 0.5) is 0 Å². The molecule has 0 aliphatic heterocycles. The average Bonchev–Trinajstić information content (AvgIpc) is 3.97. The second-order valence-corrected chi connectivity index (χ2v) is 21.6. The van der Waals surface area contributed by atoms with Gasteiger partial charge in [0.1, 0.15) is 0 Å². The third kappa shape index (κ3) is 23.8. The van der Waals surface area contributed by atoms with Crippen LogP contribution in [0.3, 0.4) is 0 Å². The van der Waals surface area contributed by atoms with E-state index in [1.165, 1.54) is 0 Å². The molecule has 0 unspecified atom stereocenters. The summed E-state index contributed by atoms with van der Waals surface area (Å²) in [5, 5.41) is 232. The summed E-state index contributed by atoms with van der Waals surface area (Å²) in [6.45, 7) is -14.3. The number of imidazole rings is 1. The lowest BCUT2D eigenvalue weighted by Crippen LogP contribution is -2.68. The highest BCUT2D eigenvalue weighted by atomic mass is 31.2. The van der Waals surface area contributed by atoms with Gasteiger partial charge < -0.3 is 152 Å². The minimum absolute atomic E-state index is 0.0749. The Labute approximate surface area is 434 Å². The van der Waals surface area contributed by atoms with Gasteiger partial charge in [0.05, 0.1) is 215 Å². The standard InChI is InChI=1S/4C8H19NO6.C5H10N2O7P2/c4*10-1-7(2-11,3-12)9-8(4-13,5-14)6-15;8-5(15(9,10)11,16(12,13)14)1-4-2-6-3-7-4/h4*9-15H,1-6H2;2-3,8H,1H2,(H,6,7)(H2,9,10,11)(H2,12,13,14). The lowest BCUT2D eigenvalue weighted by molar-refractivity contribution is -0.0310. The van der Waals surface area contributed by atoms with Crippen molar-refractivity contribution in [3.63, 3.8) is 0 Å². The van der Waals surface area contributed by atoms with Crippen molar-refractivity contribution in [3.05, 3.63) is 18.2 Å². The third-order valence-electron chi connectivity index (χ3n) is 11.3. The molecule has 37 nitrogen and oxygen atoms in total. The summed E-state index contributed by atoms with van der Waals surface area (Å²) in [5.41, 5.74) is -11.7. The zero-order valence-electron chi connectivity index (χ0n) is 41.5. The highest BCUT2D eigenvalue weighted by molar-refractivity contribution is 7.72. The lowest BCUT2D eigenvalue weighted by atomic mass is 9.94. The first-order valence-corrected chi connectivity index (χ1v) is 25.2. The molecule has 34 N–H and O–H groups in total. The number of aliphatic hydroxyl groups excluding tert-OH is 24. The van der Waals surface area contributed by atoms with E-state index in [4.69, 9.17) is 142 Å².